The third kappa shape index (κ3) is 2.81. The van der Waals surface area contributed by atoms with Gasteiger partial charge in [-0.2, -0.15) is 4.98 Å². The molecular weight excluding hydrogens is 334 g/mol. The van der Waals surface area contributed by atoms with Crippen LogP contribution in [0.3, 0.4) is 0 Å². The standard InChI is InChI=1S/C19H15N3O2S/c1-2-11-7-9-12(10-8-11)20-19-22-18(24)16(25-19)15-13-5-3-4-6-14(13)21-17(15)23/h3-10,24H,2H2,1H3,(H,20,22). The number of anilines is 2. The van der Waals surface area contributed by atoms with Crippen molar-refractivity contribution in [1.29, 1.82) is 0 Å². The molecule has 4 rings (SSSR count). The van der Waals surface area contributed by atoms with Crippen molar-refractivity contribution in [1.82, 2.24) is 4.98 Å². The van der Waals surface area contributed by atoms with Gasteiger partial charge in [0.25, 0.3) is 5.91 Å². The number of hydrogen-bond donors (Lipinski definition) is 2. The number of fused-ring (bicyclic) bond motifs is 1. The Morgan fingerprint density at radius 1 is 1.12 bits per heavy atom. The minimum absolute atomic E-state index is 0.159. The number of thiazole rings is 1. The van der Waals surface area contributed by atoms with Gasteiger partial charge in [0.2, 0.25) is 5.88 Å². The van der Waals surface area contributed by atoms with Gasteiger partial charge in [-0.15, -0.1) is 0 Å². The van der Waals surface area contributed by atoms with Crippen molar-refractivity contribution in [2.75, 3.05) is 5.32 Å². The molecule has 5 nitrogen and oxygen atoms in total. The number of nitrogens with one attached hydrogen (secondary N) is 1. The van der Waals surface area contributed by atoms with Gasteiger partial charge in [-0.1, -0.05) is 48.6 Å². The lowest BCUT2D eigenvalue weighted by molar-refractivity contribution is -0.112. The Balaban J connectivity index is 1.72. The van der Waals surface area contributed by atoms with E-state index in [9.17, 15) is 9.90 Å². The van der Waals surface area contributed by atoms with E-state index in [0.29, 0.717) is 20.9 Å². The first-order valence-corrected chi connectivity index (χ1v) is 8.76. The third-order valence-corrected chi connectivity index (χ3v) is 5.04. The van der Waals surface area contributed by atoms with Crippen LogP contribution >= 0.6 is 11.3 Å². The molecule has 1 amide bonds. The van der Waals surface area contributed by atoms with Crippen LogP contribution in [0.15, 0.2) is 53.5 Å². The Bertz CT molecular complexity index is 1080. The number of hydrogen-bond acceptors (Lipinski definition) is 5. The lowest BCUT2D eigenvalue weighted by Crippen LogP contribution is -2.22. The predicted octanol–water partition coefficient (Wildman–Crippen LogP) is 2.51. The van der Waals surface area contributed by atoms with E-state index in [4.69, 9.17) is 0 Å². The summed E-state index contributed by atoms with van der Waals surface area (Å²) in [5.41, 5.74) is 2.53. The number of aryl methyl sites for hydroxylation is 1. The van der Waals surface area contributed by atoms with E-state index in [1.807, 2.05) is 42.5 Å². The number of amides is 1. The first-order valence-electron chi connectivity index (χ1n) is 7.94. The molecule has 25 heavy (non-hydrogen) atoms. The largest absolute Gasteiger partial charge is 0.492 e. The van der Waals surface area contributed by atoms with Crippen molar-refractivity contribution in [3.8, 4) is 5.88 Å². The normalized spacial score (nSPS) is 12.8. The number of nitrogens with zero attached hydrogens (tertiary/aromatic N) is 2. The second-order valence-electron chi connectivity index (χ2n) is 5.66. The summed E-state index contributed by atoms with van der Waals surface area (Å²) in [7, 11) is 0. The predicted molar refractivity (Wildman–Crippen MR) is 97.6 cm³/mol. The van der Waals surface area contributed by atoms with Gasteiger partial charge in [-0.3, -0.25) is 4.79 Å². The quantitative estimate of drug-likeness (QED) is 0.759. The second-order valence-corrected chi connectivity index (χ2v) is 6.66. The Kier molecular flexibility index (Phi) is 3.82. The summed E-state index contributed by atoms with van der Waals surface area (Å²) in [6.07, 6.45) is 0.978. The van der Waals surface area contributed by atoms with Crippen molar-refractivity contribution in [3.63, 3.8) is 0 Å². The molecule has 0 fully saturated rings. The molecule has 0 atom stereocenters. The Morgan fingerprint density at radius 3 is 2.64 bits per heavy atom. The number of benzene rings is 2. The summed E-state index contributed by atoms with van der Waals surface area (Å²) in [6.45, 7) is 2.10. The lowest BCUT2D eigenvalue weighted by atomic mass is 10.1. The highest BCUT2D eigenvalue weighted by molar-refractivity contribution is 7.17. The SMILES string of the molecule is CCc1ccc(Nc2nc(O)c(C3=c4ccccc4=NC3=O)s2)cc1. The molecule has 1 aliphatic heterocycles. The molecule has 0 unspecified atom stereocenters. The van der Waals surface area contributed by atoms with Crippen LogP contribution in [0.2, 0.25) is 0 Å². The fourth-order valence-corrected chi connectivity index (χ4v) is 3.69. The molecule has 0 spiro atoms. The average Bonchev–Trinajstić information content (AvgIpc) is 3.13. The summed E-state index contributed by atoms with van der Waals surface area (Å²) >= 11 is 1.24. The highest BCUT2D eigenvalue weighted by Gasteiger charge is 2.24. The summed E-state index contributed by atoms with van der Waals surface area (Å²) < 4.78 is 0. The smallest absolute Gasteiger partial charge is 0.279 e. The summed E-state index contributed by atoms with van der Waals surface area (Å²) in [4.78, 5) is 20.9. The van der Waals surface area contributed by atoms with Crippen LogP contribution in [0.1, 0.15) is 17.4 Å². The van der Waals surface area contributed by atoms with E-state index >= 15 is 0 Å². The van der Waals surface area contributed by atoms with Gasteiger partial charge in [0.05, 0.1) is 10.9 Å². The van der Waals surface area contributed by atoms with E-state index in [2.05, 4.69) is 22.2 Å². The van der Waals surface area contributed by atoms with Crippen LogP contribution < -0.4 is 15.9 Å². The molecule has 0 bridgehead atoms. The molecule has 6 heteroatoms. The van der Waals surface area contributed by atoms with E-state index in [0.717, 1.165) is 17.3 Å². The molecule has 2 heterocycles. The molecule has 0 aliphatic carbocycles. The van der Waals surface area contributed by atoms with E-state index in [1.165, 1.54) is 16.9 Å². The summed E-state index contributed by atoms with van der Waals surface area (Å²) in [5, 5.41) is 15.3. The molecule has 1 aromatic heterocycles. The van der Waals surface area contributed by atoms with E-state index in [-0.39, 0.29) is 11.8 Å². The van der Waals surface area contributed by atoms with Gasteiger partial charge in [-0.05, 0) is 30.2 Å². The third-order valence-electron chi connectivity index (χ3n) is 4.06. The van der Waals surface area contributed by atoms with Crippen molar-refractivity contribution in [3.05, 3.63) is 69.5 Å². The van der Waals surface area contributed by atoms with Crippen LogP contribution in [0, 0.1) is 0 Å². The highest BCUT2D eigenvalue weighted by Crippen LogP contribution is 2.35. The van der Waals surface area contributed by atoms with Gasteiger partial charge in [-0.25, -0.2) is 4.99 Å². The zero-order valence-electron chi connectivity index (χ0n) is 13.5. The van der Waals surface area contributed by atoms with Crippen molar-refractivity contribution in [2.45, 2.75) is 13.3 Å². The molecular formula is C19H15N3O2S. The van der Waals surface area contributed by atoms with Crippen LogP contribution in [-0.4, -0.2) is 16.0 Å². The van der Waals surface area contributed by atoms with Crippen molar-refractivity contribution in [2.24, 2.45) is 4.99 Å². The molecule has 124 valence electrons. The minimum atomic E-state index is -0.348. The Hall–Kier alpha value is -2.99. The summed E-state index contributed by atoms with van der Waals surface area (Å²) in [5.74, 6) is -0.507. The van der Waals surface area contributed by atoms with Crippen LogP contribution in [0.25, 0.3) is 5.57 Å². The maximum Gasteiger partial charge on any atom is 0.279 e. The zero-order chi connectivity index (χ0) is 17.4. The van der Waals surface area contributed by atoms with Gasteiger partial charge in [0.15, 0.2) is 5.13 Å². The molecule has 2 aromatic carbocycles. The maximum absolute atomic E-state index is 12.3. The molecule has 0 saturated heterocycles. The second kappa shape index (κ2) is 6.14. The molecule has 1 aliphatic rings. The summed E-state index contributed by atoms with van der Waals surface area (Å²) in [6, 6.07) is 15.3. The van der Waals surface area contributed by atoms with Gasteiger partial charge >= 0.3 is 0 Å². The highest BCUT2D eigenvalue weighted by atomic mass is 32.1. The Labute approximate surface area is 148 Å². The van der Waals surface area contributed by atoms with E-state index in [1.54, 1.807) is 6.07 Å². The first kappa shape index (κ1) is 15.5. The van der Waals surface area contributed by atoms with E-state index < -0.39 is 0 Å². The zero-order valence-corrected chi connectivity index (χ0v) is 14.3. The average molecular weight is 349 g/mol. The fourth-order valence-electron chi connectivity index (χ4n) is 2.76. The van der Waals surface area contributed by atoms with Gasteiger partial charge in [0, 0.05) is 10.9 Å². The van der Waals surface area contributed by atoms with Crippen LogP contribution in [-0.2, 0) is 11.2 Å². The van der Waals surface area contributed by atoms with Crippen molar-refractivity contribution < 1.29 is 9.90 Å². The maximum atomic E-state index is 12.3. The number of para-hydroxylation sites is 1. The molecule has 2 N–H and O–H groups in total. The lowest BCUT2D eigenvalue weighted by Gasteiger charge is -2.03. The molecule has 0 radical (unpaired) electrons. The van der Waals surface area contributed by atoms with Crippen molar-refractivity contribution >= 4 is 33.6 Å². The number of carbonyl (C=O) groups excluding carboxylic acids is 1. The number of aromatic hydroxyl groups is 1. The fraction of sp³-hybridized carbons (Fsp3) is 0.105. The number of carbonyl (C=O) groups is 1. The number of rotatable bonds is 4. The monoisotopic (exact) mass is 349 g/mol. The number of aromatic nitrogens is 1. The van der Waals surface area contributed by atoms with Crippen LogP contribution in [0.4, 0.5) is 10.8 Å². The topological polar surface area (TPSA) is 74.6 Å². The van der Waals surface area contributed by atoms with Gasteiger partial charge in [0.1, 0.15) is 4.88 Å². The first-order chi connectivity index (χ1) is 12.2. The Morgan fingerprint density at radius 2 is 1.88 bits per heavy atom. The van der Waals surface area contributed by atoms with Gasteiger partial charge < -0.3 is 10.4 Å². The molecule has 0 saturated carbocycles. The molecule has 3 aromatic rings. The minimum Gasteiger partial charge on any atom is -0.492 e. The van der Waals surface area contributed by atoms with Crippen LogP contribution in [0.5, 0.6) is 5.88 Å².